The van der Waals surface area contributed by atoms with E-state index in [9.17, 15) is 4.79 Å². The van der Waals surface area contributed by atoms with Crippen LogP contribution in [0.25, 0.3) is 0 Å². The van der Waals surface area contributed by atoms with E-state index in [1.165, 1.54) is 11.3 Å². The maximum absolute atomic E-state index is 12.3. The van der Waals surface area contributed by atoms with Gasteiger partial charge in [-0.25, -0.2) is 4.79 Å². The van der Waals surface area contributed by atoms with Crippen LogP contribution in [0.4, 0.5) is 4.79 Å². The Hall–Kier alpha value is -2.11. The molecule has 2 rings (SSSR count). The van der Waals surface area contributed by atoms with E-state index in [4.69, 9.17) is 11.1 Å². The van der Waals surface area contributed by atoms with Gasteiger partial charge in [0.25, 0.3) is 0 Å². The Morgan fingerprint density at radius 1 is 1.36 bits per heavy atom. The van der Waals surface area contributed by atoms with Crippen LogP contribution in [-0.2, 0) is 6.42 Å². The number of nitrogens with zero attached hydrogens (tertiary/aromatic N) is 2. The number of hydrogen-bond donors (Lipinski definition) is 3. The molecule has 1 heterocycles. The van der Waals surface area contributed by atoms with Crippen LogP contribution in [-0.4, -0.2) is 34.5 Å². The number of rotatable bonds is 5. The first-order valence-electron chi connectivity index (χ1n) is 7.99. The number of hydrogen-bond acceptors (Lipinski definition) is 3. The molecule has 6 nitrogen and oxygen atoms in total. The second kappa shape index (κ2) is 8.36. The lowest BCUT2D eigenvalue weighted by atomic mass is 9.96. The van der Waals surface area contributed by atoms with Gasteiger partial charge in [0.15, 0.2) is 5.96 Å². The van der Waals surface area contributed by atoms with Crippen LogP contribution >= 0.6 is 0 Å². The van der Waals surface area contributed by atoms with Crippen molar-refractivity contribution in [2.45, 2.75) is 51.0 Å². The molecule has 1 saturated carbocycles. The molecular weight excluding hydrogens is 278 g/mol. The van der Waals surface area contributed by atoms with Crippen LogP contribution in [0.3, 0.4) is 0 Å². The molecule has 0 saturated heterocycles. The van der Waals surface area contributed by atoms with Crippen molar-refractivity contribution in [2.75, 3.05) is 6.54 Å². The summed E-state index contributed by atoms with van der Waals surface area (Å²) in [5.74, 6) is -0.200. The molecule has 1 aliphatic rings. The predicted octanol–water partition coefficient (Wildman–Crippen LogP) is 2.25. The largest absolute Gasteiger partial charge is 0.370 e. The molecule has 0 aromatic carbocycles. The minimum Gasteiger partial charge on any atom is -0.370 e. The van der Waals surface area contributed by atoms with Crippen molar-refractivity contribution in [3.63, 3.8) is 0 Å². The highest BCUT2D eigenvalue weighted by Crippen LogP contribution is 2.17. The molecule has 0 radical (unpaired) electrons. The van der Waals surface area contributed by atoms with E-state index in [0.717, 1.165) is 44.2 Å². The third kappa shape index (κ3) is 5.02. The number of nitrogens with two attached hydrogens (primary N) is 1. The second-order valence-corrected chi connectivity index (χ2v) is 5.75. The zero-order chi connectivity index (χ0) is 15.8. The first-order chi connectivity index (χ1) is 10.7. The lowest BCUT2D eigenvalue weighted by Gasteiger charge is -2.27. The van der Waals surface area contributed by atoms with Crippen LogP contribution < -0.4 is 11.1 Å². The van der Waals surface area contributed by atoms with Gasteiger partial charge >= 0.3 is 6.03 Å². The second-order valence-electron chi connectivity index (χ2n) is 5.75. The van der Waals surface area contributed by atoms with Crippen LogP contribution in [0.2, 0.25) is 0 Å². The molecule has 6 heteroatoms. The van der Waals surface area contributed by atoms with Gasteiger partial charge in [0, 0.05) is 24.5 Å². The zero-order valence-electron chi connectivity index (χ0n) is 12.9. The number of carbonyl (C=O) groups is 1. The van der Waals surface area contributed by atoms with E-state index in [1.54, 1.807) is 6.20 Å². The van der Waals surface area contributed by atoms with Gasteiger partial charge in [-0.1, -0.05) is 25.3 Å². The Kier molecular flexibility index (Phi) is 6.18. The standard InChI is InChI=1S/C16H25N5O/c17-15(18)21(12-6-10-13-7-4-5-11-19-13)16(22)20-14-8-2-1-3-9-14/h4-5,7,11,14H,1-3,6,8-10,12H2,(H3,17,18)(H,20,22). The van der Waals surface area contributed by atoms with E-state index in [-0.39, 0.29) is 18.0 Å². The van der Waals surface area contributed by atoms with Crippen LogP contribution in [0.1, 0.15) is 44.2 Å². The highest BCUT2D eigenvalue weighted by molar-refractivity contribution is 5.93. The number of aromatic nitrogens is 1. The number of nitrogens with one attached hydrogen (secondary N) is 2. The SMILES string of the molecule is N=C(N)N(CCCc1ccccn1)C(=O)NC1CCCCC1. The fourth-order valence-corrected chi connectivity index (χ4v) is 2.80. The number of aryl methyl sites for hydroxylation is 1. The quantitative estimate of drug-likeness (QED) is 0.575. The summed E-state index contributed by atoms with van der Waals surface area (Å²) in [4.78, 5) is 17.8. The van der Waals surface area contributed by atoms with Gasteiger partial charge in [-0.2, -0.15) is 0 Å². The highest BCUT2D eigenvalue weighted by atomic mass is 16.2. The Labute approximate surface area is 131 Å². The Morgan fingerprint density at radius 2 is 2.14 bits per heavy atom. The lowest BCUT2D eigenvalue weighted by molar-refractivity contribution is 0.211. The monoisotopic (exact) mass is 303 g/mol. The molecule has 1 aromatic heterocycles. The molecule has 0 spiro atoms. The molecular formula is C16H25N5O. The minimum absolute atomic E-state index is 0.200. The van der Waals surface area contributed by atoms with E-state index in [0.29, 0.717) is 6.54 Å². The summed E-state index contributed by atoms with van der Waals surface area (Å²) in [6.07, 6.45) is 8.85. The summed E-state index contributed by atoms with van der Waals surface area (Å²) < 4.78 is 0. The molecule has 1 aliphatic carbocycles. The van der Waals surface area contributed by atoms with Gasteiger partial charge in [0.05, 0.1) is 0 Å². The van der Waals surface area contributed by atoms with Gasteiger partial charge in [-0.3, -0.25) is 15.3 Å². The Bertz CT molecular complexity index is 485. The first-order valence-corrected chi connectivity index (χ1v) is 7.99. The van der Waals surface area contributed by atoms with Gasteiger partial charge in [0.1, 0.15) is 0 Å². The number of urea groups is 1. The third-order valence-corrected chi connectivity index (χ3v) is 4.01. The molecule has 4 N–H and O–H groups in total. The predicted molar refractivity (Wildman–Crippen MR) is 86.6 cm³/mol. The van der Waals surface area contributed by atoms with Gasteiger partial charge in [-0.05, 0) is 37.8 Å². The lowest BCUT2D eigenvalue weighted by Crippen LogP contribution is -2.50. The summed E-state index contributed by atoms with van der Waals surface area (Å²) in [7, 11) is 0. The summed E-state index contributed by atoms with van der Waals surface area (Å²) in [5.41, 5.74) is 6.54. The average molecular weight is 303 g/mol. The topological polar surface area (TPSA) is 95.1 Å². The van der Waals surface area contributed by atoms with Crippen LogP contribution in [0.5, 0.6) is 0 Å². The van der Waals surface area contributed by atoms with Gasteiger partial charge in [-0.15, -0.1) is 0 Å². The van der Waals surface area contributed by atoms with E-state index < -0.39 is 0 Å². The van der Waals surface area contributed by atoms with Crippen molar-refractivity contribution in [2.24, 2.45) is 5.73 Å². The van der Waals surface area contributed by atoms with Crippen molar-refractivity contribution in [3.05, 3.63) is 30.1 Å². The van der Waals surface area contributed by atoms with E-state index in [2.05, 4.69) is 10.3 Å². The molecule has 2 amide bonds. The van der Waals surface area contributed by atoms with E-state index >= 15 is 0 Å². The summed E-state index contributed by atoms with van der Waals surface area (Å²) in [6, 6.07) is 5.75. The normalized spacial score (nSPS) is 15.3. The molecule has 0 bridgehead atoms. The number of amides is 2. The summed E-state index contributed by atoms with van der Waals surface area (Å²) in [5, 5.41) is 10.6. The van der Waals surface area contributed by atoms with Gasteiger partial charge in [0.2, 0.25) is 0 Å². The van der Waals surface area contributed by atoms with Crippen LogP contribution in [0.15, 0.2) is 24.4 Å². The third-order valence-electron chi connectivity index (χ3n) is 4.01. The average Bonchev–Trinajstić information content (AvgIpc) is 2.53. The Morgan fingerprint density at radius 3 is 2.77 bits per heavy atom. The molecule has 120 valence electrons. The molecule has 0 aliphatic heterocycles. The fraction of sp³-hybridized carbons (Fsp3) is 0.562. The van der Waals surface area contributed by atoms with E-state index in [1.807, 2.05) is 18.2 Å². The number of guanidine groups is 1. The summed E-state index contributed by atoms with van der Waals surface area (Å²) in [6.45, 7) is 0.435. The van der Waals surface area contributed by atoms with Crippen molar-refractivity contribution >= 4 is 12.0 Å². The smallest absolute Gasteiger partial charge is 0.324 e. The van der Waals surface area contributed by atoms with Crippen LogP contribution in [0, 0.1) is 5.41 Å². The van der Waals surface area contributed by atoms with Crippen molar-refractivity contribution in [1.29, 1.82) is 5.41 Å². The molecule has 1 aromatic rings. The molecule has 1 fully saturated rings. The molecule has 22 heavy (non-hydrogen) atoms. The maximum atomic E-state index is 12.3. The van der Waals surface area contributed by atoms with Crippen molar-refractivity contribution < 1.29 is 4.79 Å². The highest BCUT2D eigenvalue weighted by Gasteiger charge is 2.21. The first kappa shape index (κ1) is 16.3. The van der Waals surface area contributed by atoms with Crippen molar-refractivity contribution in [1.82, 2.24) is 15.2 Å². The number of pyridine rings is 1. The fourth-order valence-electron chi connectivity index (χ4n) is 2.80. The summed E-state index contributed by atoms with van der Waals surface area (Å²) >= 11 is 0. The van der Waals surface area contributed by atoms with Crippen molar-refractivity contribution in [3.8, 4) is 0 Å². The molecule has 0 unspecified atom stereocenters. The maximum Gasteiger partial charge on any atom is 0.324 e. The van der Waals surface area contributed by atoms with Gasteiger partial charge < -0.3 is 11.1 Å². The molecule has 0 atom stereocenters. The Balaban J connectivity index is 1.80. The number of carbonyl (C=O) groups excluding carboxylic acids is 1. The zero-order valence-corrected chi connectivity index (χ0v) is 12.9. The minimum atomic E-state index is -0.250.